The largest absolute Gasteiger partial charge is 0.323 e. The highest BCUT2D eigenvalue weighted by Crippen LogP contribution is 2.32. The van der Waals surface area contributed by atoms with E-state index in [2.05, 4.69) is 5.32 Å². The van der Waals surface area contributed by atoms with Gasteiger partial charge in [0.15, 0.2) is 0 Å². The molecule has 72 valence electrons. The number of nitrogens with one attached hydrogen (secondary N) is 1. The second-order valence-electron chi connectivity index (χ2n) is 2.90. The van der Waals surface area contributed by atoms with Gasteiger partial charge in [-0.1, -0.05) is 23.7 Å². The molecule has 1 heterocycles. The molecule has 1 atom stereocenters. The zero-order valence-corrected chi connectivity index (χ0v) is 7.64. The molecule has 0 radical (unpaired) electrons. The zero-order chi connectivity index (χ0) is 10.3. The van der Waals surface area contributed by atoms with Gasteiger partial charge < -0.3 is 5.32 Å². The van der Waals surface area contributed by atoms with Gasteiger partial charge in [0.2, 0.25) is 5.78 Å². The number of anilines is 1. The van der Waals surface area contributed by atoms with Crippen molar-refractivity contribution in [1.82, 2.24) is 0 Å². The first-order chi connectivity index (χ1) is 6.53. The fraction of sp³-hybridized carbons (Fsp3) is 0.111. The number of carbonyl (C=O) groups excluding carboxylic acids is 2. The second-order valence-corrected chi connectivity index (χ2v) is 3.42. The number of rotatable bonds is 0. The van der Waals surface area contributed by atoms with Crippen LogP contribution in [0, 0.1) is 0 Å². The van der Waals surface area contributed by atoms with E-state index in [1.807, 2.05) is 0 Å². The number of para-hydroxylation sites is 1. The lowest BCUT2D eigenvalue weighted by Crippen LogP contribution is -2.45. The fourth-order valence-electron chi connectivity index (χ4n) is 1.26. The summed E-state index contributed by atoms with van der Waals surface area (Å²) in [4.78, 5) is 22.4. The molecule has 0 fully saturated rings. The molecule has 14 heavy (non-hydrogen) atoms. The lowest BCUT2D eigenvalue weighted by atomic mass is 10.00. The molecular formula is C9H5ClFNO2. The van der Waals surface area contributed by atoms with Crippen molar-refractivity contribution >= 4 is 29.0 Å². The van der Waals surface area contributed by atoms with Crippen LogP contribution in [0.1, 0.15) is 10.4 Å². The first-order valence-electron chi connectivity index (χ1n) is 3.86. The van der Waals surface area contributed by atoms with Crippen LogP contribution in [0.3, 0.4) is 0 Å². The Labute approximate surface area is 83.9 Å². The Morgan fingerprint density at radius 1 is 1.29 bits per heavy atom. The number of benzene rings is 1. The predicted octanol–water partition coefficient (Wildman–Crippen LogP) is 1.73. The van der Waals surface area contributed by atoms with Crippen molar-refractivity contribution in [2.24, 2.45) is 0 Å². The van der Waals surface area contributed by atoms with Gasteiger partial charge in [0.1, 0.15) is 0 Å². The minimum Gasteiger partial charge on any atom is -0.321 e. The third-order valence-electron chi connectivity index (χ3n) is 1.99. The number of fused-ring (bicyclic) bond motifs is 1. The normalized spacial score (nSPS) is 25.6. The third-order valence-corrected chi connectivity index (χ3v) is 2.33. The minimum atomic E-state index is -2.98. The van der Waals surface area contributed by atoms with Crippen molar-refractivity contribution in [1.29, 1.82) is 0 Å². The Morgan fingerprint density at radius 3 is 2.64 bits per heavy atom. The van der Waals surface area contributed by atoms with Crippen molar-refractivity contribution < 1.29 is 14.0 Å². The van der Waals surface area contributed by atoms with Gasteiger partial charge in [-0.25, -0.2) is 4.39 Å². The number of carbonyl (C=O) groups is 2. The van der Waals surface area contributed by atoms with E-state index in [1.54, 1.807) is 12.1 Å². The summed E-state index contributed by atoms with van der Waals surface area (Å²) in [7, 11) is 0. The van der Waals surface area contributed by atoms with Crippen molar-refractivity contribution in [2.45, 2.75) is 5.13 Å². The molecule has 0 aromatic heterocycles. The molecule has 0 unspecified atom stereocenters. The fourth-order valence-corrected chi connectivity index (χ4v) is 1.41. The van der Waals surface area contributed by atoms with Crippen LogP contribution in [-0.4, -0.2) is 16.8 Å². The van der Waals surface area contributed by atoms with Crippen molar-refractivity contribution in [3.05, 3.63) is 29.8 Å². The Morgan fingerprint density at radius 2 is 1.93 bits per heavy atom. The Balaban J connectivity index is 2.61. The van der Waals surface area contributed by atoms with Gasteiger partial charge in [-0.15, -0.1) is 0 Å². The van der Waals surface area contributed by atoms with Crippen LogP contribution in [0.15, 0.2) is 24.3 Å². The number of hydrogen-bond acceptors (Lipinski definition) is 2. The van der Waals surface area contributed by atoms with Crippen molar-refractivity contribution in [3.63, 3.8) is 0 Å². The summed E-state index contributed by atoms with van der Waals surface area (Å²) < 4.78 is 13.3. The molecule has 0 bridgehead atoms. The molecule has 1 aliphatic rings. The monoisotopic (exact) mass is 213 g/mol. The molecule has 1 N–H and O–H groups in total. The SMILES string of the molecule is O=C1Nc2ccccc2C(=O)[C@@]1(F)Cl. The summed E-state index contributed by atoms with van der Waals surface area (Å²) in [5.41, 5.74) is 0.376. The molecule has 0 aliphatic carbocycles. The van der Waals surface area contributed by atoms with Crippen LogP contribution >= 0.6 is 11.6 Å². The Kier molecular flexibility index (Phi) is 1.82. The molecule has 3 nitrogen and oxygen atoms in total. The maximum Gasteiger partial charge on any atom is 0.323 e. The number of amides is 1. The highest BCUT2D eigenvalue weighted by Gasteiger charge is 2.49. The van der Waals surface area contributed by atoms with E-state index < -0.39 is 16.8 Å². The summed E-state index contributed by atoms with van der Waals surface area (Å²) in [6.07, 6.45) is 0. The number of ketones is 1. The van der Waals surface area contributed by atoms with Gasteiger partial charge >= 0.3 is 5.13 Å². The van der Waals surface area contributed by atoms with E-state index in [1.165, 1.54) is 12.1 Å². The van der Waals surface area contributed by atoms with E-state index >= 15 is 0 Å². The van der Waals surface area contributed by atoms with Crippen LogP contribution in [0.2, 0.25) is 0 Å². The summed E-state index contributed by atoms with van der Waals surface area (Å²) >= 11 is 5.17. The minimum absolute atomic E-state index is 0.0876. The van der Waals surface area contributed by atoms with Gasteiger partial charge in [-0.3, -0.25) is 9.59 Å². The maximum atomic E-state index is 13.3. The van der Waals surface area contributed by atoms with E-state index in [0.29, 0.717) is 0 Å². The summed E-state index contributed by atoms with van der Waals surface area (Å²) in [5.74, 6) is -2.15. The highest BCUT2D eigenvalue weighted by atomic mass is 35.5. The lowest BCUT2D eigenvalue weighted by molar-refractivity contribution is -0.121. The molecule has 0 saturated carbocycles. The molecule has 0 spiro atoms. The number of Topliss-reactive ketones (excluding diaryl/α,β-unsaturated/α-hetero) is 1. The first-order valence-corrected chi connectivity index (χ1v) is 4.24. The van der Waals surface area contributed by atoms with Crippen LogP contribution in [-0.2, 0) is 4.79 Å². The summed E-state index contributed by atoms with van der Waals surface area (Å²) in [5, 5.41) is -0.764. The van der Waals surface area contributed by atoms with E-state index in [-0.39, 0.29) is 11.3 Å². The van der Waals surface area contributed by atoms with E-state index in [0.717, 1.165) is 0 Å². The third kappa shape index (κ3) is 1.11. The molecule has 1 amide bonds. The first kappa shape index (κ1) is 9.15. The second kappa shape index (κ2) is 2.78. The van der Waals surface area contributed by atoms with E-state index in [4.69, 9.17) is 11.6 Å². The molecule has 1 aliphatic heterocycles. The maximum absolute atomic E-state index is 13.3. The zero-order valence-electron chi connectivity index (χ0n) is 6.88. The number of hydrogen-bond donors (Lipinski definition) is 1. The quantitative estimate of drug-likeness (QED) is 0.527. The lowest BCUT2D eigenvalue weighted by Gasteiger charge is -2.23. The average Bonchev–Trinajstić information content (AvgIpc) is 2.15. The number of alkyl halides is 2. The molecule has 0 saturated heterocycles. The molecule has 1 aromatic rings. The summed E-state index contributed by atoms with van der Waals surface area (Å²) in [6.45, 7) is 0. The van der Waals surface area contributed by atoms with Crippen LogP contribution < -0.4 is 5.32 Å². The average molecular weight is 214 g/mol. The molecule has 2 rings (SSSR count). The van der Waals surface area contributed by atoms with Crippen LogP contribution in [0.4, 0.5) is 10.1 Å². The topological polar surface area (TPSA) is 46.2 Å². The van der Waals surface area contributed by atoms with Gasteiger partial charge in [0.25, 0.3) is 5.91 Å². The van der Waals surface area contributed by atoms with Gasteiger partial charge in [-0.2, -0.15) is 0 Å². The highest BCUT2D eigenvalue weighted by molar-refractivity contribution is 6.50. The van der Waals surface area contributed by atoms with Gasteiger partial charge in [-0.05, 0) is 12.1 Å². The Hall–Kier alpha value is -1.42. The van der Waals surface area contributed by atoms with Crippen LogP contribution in [0.25, 0.3) is 0 Å². The standard InChI is InChI=1S/C9H5ClFNO2/c10-9(11)7(13)5-3-1-2-4-6(5)12-8(9)14/h1-4H,(H,12,14)/t9-/m0/s1. The molecule has 1 aromatic carbocycles. The molecule has 5 heteroatoms. The smallest absolute Gasteiger partial charge is 0.321 e. The Bertz CT molecular complexity index is 431. The van der Waals surface area contributed by atoms with Crippen molar-refractivity contribution in [3.8, 4) is 0 Å². The van der Waals surface area contributed by atoms with Crippen molar-refractivity contribution in [2.75, 3.05) is 5.32 Å². The van der Waals surface area contributed by atoms with Crippen LogP contribution in [0.5, 0.6) is 0 Å². The molecular weight excluding hydrogens is 209 g/mol. The number of halogens is 2. The predicted molar refractivity (Wildman–Crippen MR) is 49.1 cm³/mol. The van der Waals surface area contributed by atoms with E-state index in [9.17, 15) is 14.0 Å². The van der Waals surface area contributed by atoms with Gasteiger partial charge in [0, 0.05) is 5.56 Å². The van der Waals surface area contributed by atoms with Gasteiger partial charge in [0.05, 0.1) is 5.69 Å². The summed E-state index contributed by atoms with van der Waals surface area (Å²) in [6, 6.07) is 6.12.